The number of carbonyl (C=O) groups is 1. The maximum atomic E-state index is 12.2. The second kappa shape index (κ2) is 10.2. The standard InChI is InChI=1S/C14H17N3O3S.C5H8N2.ClH/c1-11-16(2)8-9-17(11)10-14(18)12-4-6-13(7-5-12)15-21(3,19)20;1-5-6-3-4-7(5)2;/h4-9H,10H2,1-3H3;3-4H,1-2H3;1H. The first-order chi connectivity index (χ1) is 13.1. The van der Waals surface area contributed by atoms with Crippen LogP contribution in [0.3, 0.4) is 0 Å². The van der Waals surface area contributed by atoms with Gasteiger partial charge in [0.1, 0.15) is 18.2 Å². The minimum Gasteiger partial charge on any atom is -1.00 e. The molecule has 2 aromatic heterocycles. The number of rotatable bonds is 5. The molecule has 0 atom stereocenters. The molecule has 158 valence electrons. The molecule has 10 heteroatoms. The number of Topliss-reactive ketones (excluding diaryl/α,β-unsaturated/α-hetero) is 1. The van der Waals surface area contributed by atoms with Crippen LogP contribution in [-0.4, -0.2) is 34.6 Å². The number of nitrogens with zero attached hydrogens (tertiary/aromatic N) is 4. The number of aromatic nitrogens is 4. The minimum atomic E-state index is -3.30. The third-order valence-corrected chi connectivity index (χ3v) is 4.89. The second-order valence-electron chi connectivity index (χ2n) is 6.54. The van der Waals surface area contributed by atoms with Gasteiger partial charge in [0.25, 0.3) is 5.82 Å². The van der Waals surface area contributed by atoms with Crippen LogP contribution >= 0.6 is 0 Å². The molecule has 0 radical (unpaired) electrons. The molecule has 0 aliphatic rings. The highest BCUT2D eigenvalue weighted by atomic mass is 35.5. The summed E-state index contributed by atoms with van der Waals surface area (Å²) in [4.78, 5) is 16.2. The topological polar surface area (TPSA) is 89.9 Å². The van der Waals surface area contributed by atoms with E-state index in [4.69, 9.17) is 0 Å². The Hall–Kier alpha value is -2.65. The fourth-order valence-corrected chi connectivity index (χ4v) is 2.95. The zero-order valence-electron chi connectivity index (χ0n) is 17.1. The lowest BCUT2D eigenvalue weighted by atomic mass is 10.1. The van der Waals surface area contributed by atoms with Crippen LogP contribution in [0.15, 0.2) is 49.1 Å². The molecule has 1 N–H and O–H groups in total. The van der Waals surface area contributed by atoms with Gasteiger partial charge in [0.2, 0.25) is 15.8 Å². The molecule has 0 aliphatic heterocycles. The van der Waals surface area contributed by atoms with Crippen molar-refractivity contribution in [3.05, 3.63) is 66.3 Å². The molecule has 0 saturated heterocycles. The van der Waals surface area contributed by atoms with Crippen LogP contribution in [0.2, 0.25) is 0 Å². The van der Waals surface area contributed by atoms with E-state index in [0.29, 0.717) is 11.3 Å². The van der Waals surface area contributed by atoms with E-state index < -0.39 is 10.0 Å². The molecule has 0 saturated carbocycles. The van der Waals surface area contributed by atoms with Gasteiger partial charge in [0, 0.05) is 37.6 Å². The lowest BCUT2D eigenvalue weighted by Gasteiger charge is -2.05. The highest BCUT2D eigenvalue weighted by Gasteiger charge is 2.14. The summed E-state index contributed by atoms with van der Waals surface area (Å²) in [5, 5.41) is 0. The molecule has 29 heavy (non-hydrogen) atoms. The Morgan fingerprint density at radius 1 is 1.17 bits per heavy atom. The van der Waals surface area contributed by atoms with E-state index >= 15 is 0 Å². The molecular formula is C19H26ClN5O3S. The number of hydrogen-bond acceptors (Lipinski definition) is 4. The summed E-state index contributed by atoms with van der Waals surface area (Å²) in [6.45, 7) is 4.16. The van der Waals surface area contributed by atoms with Crippen LogP contribution < -0.4 is 21.7 Å². The molecule has 0 fully saturated rings. The van der Waals surface area contributed by atoms with Gasteiger partial charge in [-0.2, -0.15) is 0 Å². The number of halogens is 1. The Bertz CT molecular complexity index is 1040. The average molecular weight is 440 g/mol. The maximum Gasteiger partial charge on any atom is 0.253 e. The van der Waals surface area contributed by atoms with Crippen LogP contribution in [-0.2, 0) is 30.7 Å². The molecule has 0 spiro atoms. The summed E-state index contributed by atoms with van der Waals surface area (Å²) in [7, 11) is 0.590. The lowest BCUT2D eigenvalue weighted by molar-refractivity contribution is -0.677. The van der Waals surface area contributed by atoms with Crippen LogP contribution in [0.4, 0.5) is 5.69 Å². The summed E-state index contributed by atoms with van der Waals surface area (Å²) in [5.41, 5.74) is 0.988. The van der Waals surface area contributed by atoms with E-state index in [9.17, 15) is 13.2 Å². The molecule has 2 heterocycles. The number of hydrogen-bond donors (Lipinski definition) is 1. The van der Waals surface area contributed by atoms with Crippen molar-refractivity contribution in [2.75, 3.05) is 11.0 Å². The Morgan fingerprint density at radius 2 is 1.79 bits per heavy atom. The number of ketones is 1. The predicted molar refractivity (Wildman–Crippen MR) is 108 cm³/mol. The van der Waals surface area contributed by atoms with Crippen molar-refractivity contribution < 1.29 is 30.2 Å². The predicted octanol–water partition coefficient (Wildman–Crippen LogP) is -1.39. The van der Waals surface area contributed by atoms with Crippen molar-refractivity contribution in [2.24, 2.45) is 14.1 Å². The van der Waals surface area contributed by atoms with Crippen LogP contribution in [0, 0.1) is 13.8 Å². The molecule has 0 amide bonds. The van der Waals surface area contributed by atoms with Crippen molar-refractivity contribution in [1.82, 2.24) is 14.1 Å². The van der Waals surface area contributed by atoms with Gasteiger partial charge in [0.15, 0.2) is 6.54 Å². The van der Waals surface area contributed by atoms with E-state index in [0.717, 1.165) is 17.9 Å². The lowest BCUT2D eigenvalue weighted by Crippen LogP contribution is -3.00. The molecule has 1 aromatic carbocycles. The Kier molecular flexibility index (Phi) is 8.59. The first-order valence-corrected chi connectivity index (χ1v) is 10.5. The molecular weight excluding hydrogens is 414 g/mol. The van der Waals surface area contributed by atoms with Gasteiger partial charge < -0.3 is 17.0 Å². The Labute approximate surface area is 177 Å². The summed E-state index contributed by atoms with van der Waals surface area (Å²) in [5.74, 6) is 2.01. The Morgan fingerprint density at radius 3 is 2.17 bits per heavy atom. The van der Waals surface area contributed by atoms with Crippen LogP contribution in [0.1, 0.15) is 22.0 Å². The minimum absolute atomic E-state index is 0. The number of carbonyl (C=O) groups excluding carboxylic acids is 1. The van der Waals surface area contributed by atoms with E-state index in [1.54, 1.807) is 30.5 Å². The zero-order valence-corrected chi connectivity index (χ0v) is 18.7. The summed E-state index contributed by atoms with van der Waals surface area (Å²) < 4.78 is 30.4. The number of benzene rings is 1. The van der Waals surface area contributed by atoms with E-state index in [-0.39, 0.29) is 24.7 Å². The second-order valence-corrected chi connectivity index (χ2v) is 8.29. The summed E-state index contributed by atoms with van der Waals surface area (Å²) >= 11 is 0. The van der Waals surface area contributed by atoms with Gasteiger partial charge in [-0.1, -0.05) is 0 Å². The van der Waals surface area contributed by atoms with E-state index in [1.807, 2.05) is 60.2 Å². The quantitative estimate of drug-likeness (QED) is 0.391. The highest BCUT2D eigenvalue weighted by Crippen LogP contribution is 2.12. The van der Waals surface area contributed by atoms with Crippen molar-refractivity contribution in [2.45, 2.75) is 20.4 Å². The fraction of sp³-hybridized carbons (Fsp3) is 0.316. The summed E-state index contributed by atoms with van der Waals surface area (Å²) in [6, 6.07) is 6.40. The van der Waals surface area contributed by atoms with Gasteiger partial charge in [-0.05, 0) is 31.2 Å². The normalized spacial score (nSPS) is 10.5. The van der Waals surface area contributed by atoms with E-state index in [1.165, 1.54) is 0 Å². The molecule has 0 unspecified atom stereocenters. The zero-order chi connectivity index (χ0) is 20.9. The maximum absolute atomic E-state index is 12.2. The number of nitrogens with one attached hydrogen (secondary N) is 1. The van der Waals surface area contributed by atoms with Crippen molar-refractivity contribution in [3.63, 3.8) is 0 Å². The van der Waals surface area contributed by atoms with Gasteiger partial charge in [0.05, 0.1) is 13.3 Å². The van der Waals surface area contributed by atoms with Crippen molar-refractivity contribution >= 4 is 21.5 Å². The van der Waals surface area contributed by atoms with Crippen molar-refractivity contribution in [1.29, 1.82) is 0 Å². The smallest absolute Gasteiger partial charge is 0.253 e. The van der Waals surface area contributed by atoms with Gasteiger partial charge in [-0.3, -0.25) is 9.52 Å². The van der Waals surface area contributed by atoms with Crippen LogP contribution in [0.5, 0.6) is 0 Å². The monoisotopic (exact) mass is 439 g/mol. The average Bonchev–Trinajstić information content (AvgIpc) is 3.14. The highest BCUT2D eigenvalue weighted by molar-refractivity contribution is 7.92. The third-order valence-electron chi connectivity index (χ3n) is 4.28. The molecule has 3 rings (SSSR count). The molecule has 3 aromatic rings. The van der Waals surface area contributed by atoms with E-state index in [2.05, 4.69) is 9.71 Å². The largest absolute Gasteiger partial charge is 1.00 e. The number of aryl methyl sites for hydroxylation is 3. The molecule has 8 nitrogen and oxygen atoms in total. The first-order valence-electron chi connectivity index (χ1n) is 8.63. The van der Waals surface area contributed by atoms with Crippen molar-refractivity contribution in [3.8, 4) is 0 Å². The fourth-order valence-electron chi connectivity index (χ4n) is 2.39. The Balaban J connectivity index is 0.000000445. The SMILES string of the molecule is Cc1n(CC(=O)c2ccc(NS(C)(=O)=O)cc2)cc[n+]1C.Cc1nccn1C.[Cl-]. The van der Waals surface area contributed by atoms with Gasteiger partial charge >= 0.3 is 0 Å². The first kappa shape index (κ1) is 24.4. The van der Waals surface area contributed by atoms with Gasteiger partial charge in [-0.25, -0.2) is 22.5 Å². The third kappa shape index (κ3) is 7.35. The van der Waals surface area contributed by atoms with Crippen LogP contribution in [0.25, 0.3) is 0 Å². The number of sulfonamides is 1. The molecule has 0 bridgehead atoms. The molecule has 0 aliphatic carbocycles. The summed E-state index contributed by atoms with van der Waals surface area (Å²) in [6.07, 6.45) is 8.54. The van der Waals surface area contributed by atoms with Gasteiger partial charge in [-0.15, -0.1) is 0 Å². The number of anilines is 1. The number of imidazole rings is 2.